The third-order valence-electron chi connectivity index (χ3n) is 12.0. The van der Waals surface area contributed by atoms with E-state index in [1.54, 1.807) is 0 Å². The third kappa shape index (κ3) is 25.5. The molecule has 36 nitrogen and oxygen atoms in total. The molecule has 0 amide bonds. The summed E-state index contributed by atoms with van der Waals surface area (Å²) >= 11 is 3.23. The molecule has 0 aromatic heterocycles. The second kappa shape index (κ2) is 36.4. The summed E-state index contributed by atoms with van der Waals surface area (Å²) in [6.45, 7) is 13.6. The van der Waals surface area contributed by atoms with Gasteiger partial charge in [0, 0.05) is 104 Å². The Kier molecular flexibility index (Phi) is 31.0. The number of ether oxygens (including phenoxy) is 21. The molecule has 19 unspecified atom stereocenters. The lowest BCUT2D eigenvalue weighted by Gasteiger charge is -2.48. The van der Waals surface area contributed by atoms with Crippen molar-refractivity contribution in [2.24, 2.45) is 0 Å². The van der Waals surface area contributed by atoms with Crippen LogP contribution in [0, 0.1) is 0 Å². The Hall–Kier alpha value is -7.71. The first kappa shape index (κ1) is 77.5. The smallest absolute Gasteiger partial charge is 0.305 e. The van der Waals surface area contributed by atoms with Gasteiger partial charge in [0.15, 0.2) is 72.5 Å². The molecule has 0 saturated carbocycles. The van der Waals surface area contributed by atoms with E-state index >= 15 is 0 Å². The molecule has 0 aliphatic carbocycles. The van der Waals surface area contributed by atoms with E-state index < -0.39 is 238 Å². The number of alkyl halides is 1. The number of hydrogen-bond donors (Lipinski definition) is 0. The normalized spacial score (nSPS) is 30.7. The van der Waals surface area contributed by atoms with Gasteiger partial charge in [-0.05, 0) is 0 Å². The van der Waals surface area contributed by atoms with Gasteiger partial charge in [-0.15, -0.1) is 0 Å². The molecule has 20 atom stereocenters. The second-order valence-electron chi connectivity index (χ2n) is 19.9. The minimum atomic E-state index is -1.83. The van der Waals surface area contributed by atoms with Gasteiger partial charge in [0.25, 0.3) is 0 Å². The van der Waals surface area contributed by atoms with Gasteiger partial charge in [0.1, 0.15) is 63.1 Å². The number of rotatable bonds is 23. The minimum absolute atomic E-state index is 0.460. The number of hydrogen-bond acceptors (Lipinski definition) is 36. The Bertz CT molecular complexity index is 2640. The fourth-order valence-electron chi connectivity index (χ4n) is 9.19. The fourth-order valence-corrected chi connectivity index (χ4v) is 9.88. The standard InChI is InChI=1S/C28H38O19.C26H35BrO17/c1-11(29)37-9-19-21(39-13(3)31)23(40-14(4)32)26(43-17(7)35)28(46-19)47-22-20(10-38-12(2)30)45-27(44-18(8)36)25(42-16(6)34)24(22)41-15(5)33;1-10(28)35-8-17-20(21(38-13(4)31)23(25(27)42-17)40-15(6)33)44-26-24(41-16(7)34)22(39-14(5)32)19(37-12(3)30)18(43-26)9-36-11(2)29/h19-28H,9-10H2,1-8H3;17-26H,8-9H2,1-7H3/t19?,20?,21?,22?,23?,24?,25?,26?,27-,28?;/m0./s1. The van der Waals surface area contributed by atoms with Crippen molar-refractivity contribution < 1.29 is 171 Å². The van der Waals surface area contributed by atoms with E-state index in [1.165, 1.54) is 0 Å². The average Bonchev–Trinajstić information content (AvgIpc) is 0.815. The van der Waals surface area contributed by atoms with Crippen LogP contribution < -0.4 is 0 Å². The highest BCUT2D eigenvalue weighted by atomic mass is 79.9. The van der Waals surface area contributed by atoms with Gasteiger partial charge in [-0.3, -0.25) is 71.9 Å². The van der Waals surface area contributed by atoms with E-state index in [-0.39, 0.29) is 0 Å². The predicted octanol–water partition coefficient (Wildman–Crippen LogP) is -0.830. The summed E-state index contributed by atoms with van der Waals surface area (Å²) < 4.78 is 115. The maximum Gasteiger partial charge on any atom is 0.305 e. The molecular weight excluding hydrogens is 1300 g/mol. The third-order valence-corrected chi connectivity index (χ3v) is 12.8. The van der Waals surface area contributed by atoms with Crippen LogP contribution in [0.15, 0.2) is 0 Å². The van der Waals surface area contributed by atoms with Gasteiger partial charge in [-0.25, -0.2) is 0 Å². The molecule has 37 heteroatoms. The molecule has 0 radical (unpaired) electrons. The Morgan fingerprint density at radius 2 is 0.429 bits per heavy atom. The summed E-state index contributed by atoms with van der Waals surface area (Å²) in [7, 11) is 0. The van der Waals surface area contributed by atoms with Crippen LogP contribution in [-0.2, 0) is 171 Å². The number of carbonyl (C=O) groups excluding carboxylic acids is 15. The molecule has 0 N–H and O–H groups in total. The lowest BCUT2D eigenvalue weighted by Crippen LogP contribution is -2.67. The number of carbonyl (C=O) groups is 15. The Morgan fingerprint density at radius 1 is 0.231 bits per heavy atom. The van der Waals surface area contributed by atoms with Crippen molar-refractivity contribution in [3.63, 3.8) is 0 Å². The molecule has 512 valence electrons. The minimum Gasteiger partial charge on any atom is -0.463 e. The Labute approximate surface area is 527 Å². The SMILES string of the molecule is CC(=O)OCC1OC(Br)C(OC(C)=O)C(OC(C)=O)C1OC1OC(COC(C)=O)C(OC(C)=O)C(OC(C)=O)C1OC(C)=O.CC(=O)OCC1OC(OC2C(COC(C)=O)O[C@H](OC(C)=O)C(OC(C)=O)C2OC(C)=O)C(OC(C)=O)C(OC(C)=O)C1OC(C)=O. The van der Waals surface area contributed by atoms with E-state index in [4.69, 9.17) is 99.5 Å². The monoisotopic (exact) mass is 1380 g/mol. The average molecular weight is 1380 g/mol. The molecule has 4 rings (SSSR count). The highest BCUT2D eigenvalue weighted by Crippen LogP contribution is 2.38. The van der Waals surface area contributed by atoms with Crippen LogP contribution in [0.1, 0.15) is 104 Å². The van der Waals surface area contributed by atoms with Gasteiger partial charge in [-0.2, -0.15) is 0 Å². The summed E-state index contributed by atoms with van der Waals surface area (Å²) in [6.07, 6.45) is -29.6. The molecule has 4 saturated heterocycles. The van der Waals surface area contributed by atoms with E-state index in [9.17, 15) is 71.9 Å². The molecular formula is C54H73BrO36. The summed E-state index contributed by atoms with van der Waals surface area (Å²) in [6, 6.07) is 0. The summed E-state index contributed by atoms with van der Waals surface area (Å²) in [5.74, 6) is -12.7. The van der Waals surface area contributed by atoms with Crippen molar-refractivity contribution in [2.45, 2.75) is 225 Å². The first-order valence-corrected chi connectivity index (χ1v) is 28.3. The molecule has 91 heavy (non-hydrogen) atoms. The Balaban J connectivity index is 0.000000476. The van der Waals surface area contributed by atoms with Gasteiger partial charge in [0.2, 0.25) is 12.4 Å². The zero-order valence-electron chi connectivity index (χ0n) is 52.0. The van der Waals surface area contributed by atoms with Gasteiger partial charge < -0.3 is 99.5 Å². The Morgan fingerprint density at radius 3 is 0.703 bits per heavy atom. The van der Waals surface area contributed by atoms with Crippen molar-refractivity contribution in [3.05, 3.63) is 0 Å². The lowest BCUT2D eigenvalue weighted by atomic mass is 9.96. The highest BCUT2D eigenvalue weighted by Gasteiger charge is 2.60. The number of halogens is 1. The van der Waals surface area contributed by atoms with Crippen LogP contribution in [0.5, 0.6) is 0 Å². The quantitative estimate of drug-likeness (QED) is 0.0684. The molecule has 0 aromatic rings. The molecule has 0 spiro atoms. The van der Waals surface area contributed by atoms with Crippen molar-refractivity contribution in [1.29, 1.82) is 0 Å². The highest BCUT2D eigenvalue weighted by molar-refractivity contribution is 9.09. The summed E-state index contributed by atoms with van der Waals surface area (Å²) in [4.78, 5) is 180. The zero-order chi connectivity index (χ0) is 68.9. The topological polar surface area (TPSA) is 450 Å². The first-order valence-electron chi connectivity index (χ1n) is 27.4. The molecule has 4 aliphatic rings. The van der Waals surface area contributed by atoms with E-state index in [2.05, 4.69) is 15.9 Å². The molecule has 0 bridgehead atoms. The molecule has 4 heterocycles. The predicted molar refractivity (Wildman–Crippen MR) is 287 cm³/mol. The van der Waals surface area contributed by atoms with Crippen molar-refractivity contribution in [1.82, 2.24) is 0 Å². The molecule has 0 aromatic carbocycles. The van der Waals surface area contributed by atoms with Crippen LogP contribution >= 0.6 is 15.9 Å². The van der Waals surface area contributed by atoms with E-state index in [0.717, 1.165) is 104 Å². The van der Waals surface area contributed by atoms with Gasteiger partial charge >= 0.3 is 89.5 Å². The zero-order valence-corrected chi connectivity index (χ0v) is 53.5. The van der Waals surface area contributed by atoms with Crippen LogP contribution in [0.4, 0.5) is 0 Å². The lowest BCUT2D eigenvalue weighted by molar-refractivity contribution is -0.357. The van der Waals surface area contributed by atoms with Crippen molar-refractivity contribution in [2.75, 3.05) is 26.4 Å². The van der Waals surface area contributed by atoms with Gasteiger partial charge in [-0.1, -0.05) is 15.9 Å². The number of esters is 15. The summed E-state index contributed by atoms with van der Waals surface area (Å²) in [5, 5.41) is -1.09. The van der Waals surface area contributed by atoms with Crippen LogP contribution in [0.3, 0.4) is 0 Å². The van der Waals surface area contributed by atoms with Crippen molar-refractivity contribution >= 4 is 105 Å². The van der Waals surface area contributed by atoms with E-state index in [0.29, 0.717) is 0 Å². The van der Waals surface area contributed by atoms with Crippen LogP contribution in [0.25, 0.3) is 0 Å². The maximum absolute atomic E-state index is 12.3. The maximum atomic E-state index is 12.3. The summed E-state index contributed by atoms with van der Waals surface area (Å²) in [5.41, 5.74) is 0. The van der Waals surface area contributed by atoms with Crippen molar-refractivity contribution in [3.8, 4) is 0 Å². The van der Waals surface area contributed by atoms with E-state index in [1.807, 2.05) is 0 Å². The van der Waals surface area contributed by atoms with Gasteiger partial charge in [0.05, 0.1) is 0 Å². The second-order valence-corrected chi connectivity index (χ2v) is 20.8. The van der Waals surface area contributed by atoms with Crippen LogP contribution in [0.2, 0.25) is 0 Å². The van der Waals surface area contributed by atoms with Crippen LogP contribution in [-0.4, -0.2) is 238 Å². The molecule has 4 aliphatic heterocycles. The fraction of sp³-hybridized carbons (Fsp3) is 0.722. The first-order chi connectivity index (χ1) is 42.4. The molecule has 4 fully saturated rings. The largest absolute Gasteiger partial charge is 0.463 e.